The van der Waals surface area contributed by atoms with Crippen LogP contribution in [-0.2, 0) is 9.59 Å². The van der Waals surface area contributed by atoms with Crippen molar-refractivity contribution in [1.82, 2.24) is 5.43 Å². The van der Waals surface area contributed by atoms with Gasteiger partial charge in [-0.1, -0.05) is 31.2 Å². The van der Waals surface area contributed by atoms with Crippen molar-refractivity contribution in [3.63, 3.8) is 0 Å². The number of nitrogens with one attached hydrogen (secondary N) is 1. The van der Waals surface area contributed by atoms with E-state index >= 15 is 0 Å². The largest absolute Gasteiger partial charge is 0.490 e. The zero-order chi connectivity index (χ0) is 20.1. The number of rotatable bonds is 7. The van der Waals surface area contributed by atoms with E-state index in [0.29, 0.717) is 29.4 Å². The number of amides is 2. The van der Waals surface area contributed by atoms with Crippen LogP contribution in [0.2, 0.25) is 0 Å². The summed E-state index contributed by atoms with van der Waals surface area (Å²) in [6.07, 6.45) is 2.50. The number of hydrazine groups is 1. The van der Waals surface area contributed by atoms with Crippen LogP contribution in [0, 0.1) is 0 Å². The van der Waals surface area contributed by atoms with Crippen molar-refractivity contribution in [2.75, 3.05) is 11.6 Å². The van der Waals surface area contributed by atoms with Crippen molar-refractivity contribution in [2.45, 2.75) is 33.3 Å². The number of carbonyl (C=O) groups excluding carboxylic acids is 2. The van der Waals surface area contributed by atoms with Crippen molar-refractivity contribution >= 4 is 23.6 Å². The number of para-hydroxylation sites is 1. The van der Waals surface area contributed by atoms with Gasteiger partial charge in [-0.2, -0.15) is 0 Å². The summed E-state index contributed by atoms with van der Waals surface area (Å²) in [7, 11) is 0. The van der Waals surface area contributed by atoms with Gasteiger partial charge in [0, 0.05) is 0 Å². The van der Waals surface area contributed by atoms with Crippen LogP contribution in [0.25, 0.3) is 6.08 Å². The summed E-state index contributed by atoms with van der Waals surface area (Å²) in [5, 5.41) is 1.25. The minimum Gasteiger partial charge on any atom is -0.490 e. The third-order valence-corrected chi connectivity index (χ3v) is 4.39. The Kier molecular flexibility index (Phi) is 5.99. The van der Waals surface area contributed by atoms with Crippen molar-refractivity contribution in [3.8, 4) is 11.5 Å². The lowest BCUT2D eigenvalue weighted by molar-refractivity contribution is -0.117. The molecule has 1 N–H and O–H groups in total. The van der Waals surface area contributed by atoms with Crippen LogP contribution in [0.4, 0.5) is 5.69 Å². The molecule has 1 heterocycles. The predicted molar refractivity (Wildman–Crippen MR) is 108 cm³/mol. The van der Waals surface area contributed by atoms with Gasteiger partial charge in [0.25, 0.3) is 11.8 Å². The Bertz CT molecular complexity index is 893. The Morgan fingerprint density at radius 3 is 2.50 bits per heavy atom. The van der Waals surface area contributed by atoms with Crippen LogP contribution in [0.5, 0.6) is 11.5 Å². The molecule has 3 rings (SSSR count). The van der Waals surface area contributed by atoms with Gasteiger partial charge >= 0.3 is 0 Å². The minimum absolute atomic E-state index is 0.0602. The van der Waals surface area contributed by atoms with E-state index in [1.165, 1.54) is 5.01 Å². The van der Waals surface area contributed by atoms with Gasteiger partial charge in [-0.3, -0.25) is 15.0 Å². The van der Waals surface area contributed by atoms with E-state index in [0.717, 1.165) is 6.42 Å². The Labute approximate surface area is 164 Å². The molecule has 1 atom stereocenters. The number of benzene rings is 2. The second-order valence-corrected chi connectivity index (χ2v) is 6.45. The molecule has 0 unspecified atom stereocenters. The van der Waals surface area contributed by atoms with Crippen molar-refractivity contribution in [1.29, 1.82) is 0 Å². The van der Waals surface area contributed by atoms with Crippen LogP contribution >= 0.6 is 0 Å². The SMILES string of the molecule is CCOc1cc(/C=C2/C(=O)NN(c3ccccc3)C2=O)ccc1O[C@@H](C)CC. The Balaban J connectivity index is 1.89. The number of anilines is 1. The summed E-state index contributed by atoms with van der Waals surface area (Å²) in [6.45, 7) is 6.42. The molecule has 2 aromatic carbocycles. The first-order valence-electron chi connectivity index (χ1n) is 9.39. The Hall–Kier alpha value is -3.28. The second-order valence-electron chi connectivity index (χ2n) is 6.45. The molecular weight excluding hydrogens is 356 g/mol. The molecule has 0 aliphatic carbocycles. The number of carbonyl (C=O) groups is 2. The molecule has 6 heteroatoms. The molecule has 0 saturated carbocycles. The van der Waals surface area contributed by atoms with Gasteiger partial charge < -0.3 is 9.47 Å². The summed E-state index contributed by atoms with van der Waals surface area (Å²) < 4.78 is 11.6. The van der Waals surface area contributed by atoms with Gasteiger partial charge in [-0.25, -0.2) is 5.01 Å². The molecule has 1 aliphatic rings. The summed E-state index contributed by atoms with van der Waals surface area (Å²) in [5.41, 5.74) is 3.96. The van der Waals surface area contributed by atoms with Gasteiger partial charge in [-0.05, 0) is 56.2 Å². The van der Waals surface area contributed by atoms with Gasteiger partial charge in [0.2, 0.25) is 0 Å². The molecule has 28 heavy (non-hydrogen) atoms. The summed E-state index contributed by atoms with van der Waals surface area (Å²) >= 11 is 0. The molecule has 0 bridgehead atoms. The first kappa shape index (κ1) is 19.5. The molecule has 0 spiro atoms. The van der Waals surface area contributed by atoms with Crippen molar-refractivity contribution in [2.24, 2.45) is 0 Å². The molecule has 1 aliphatic heterocycles. The fourth-order valence-corrected chi connectivity index (χ4v) is 2.76. The molecule has 146 valence electrons. The third kappa shape index (κ3) is 4.17. The van der Waals surface area contributed by atoms with Crippen LogP contribution < -0.4 is 19.9 Å². The third-order valence-electron chi connectivity index (χ3n) is 4.39. The first-order chi connectivity index (χ1) is 13.5. The molecule has 1 fully saturated rings. The van der Waals surface area contributed by atoms with Gasteiger partial charge in [0.15, 0.2) is 11.5 Å². The standard InChI is InChI=1S/C22H24N2O4/c1-4-15(3)28-19-12-11-16(14-20(19)27-5-2)13-18-21(25)23-24(22(18)26)17-9-7-6-8-10-17/h6-15H,4-5H2,1-3H3,(H,23,25)/b18-13-/t15-/m0/s1. The molecule has 2 amide bonds. The second kappa shape index (κ2) is 8.61. The number of hydrogen-bond donors (Lipinski definition) is 1. The smallest absolute Gasteiger partial charge is 0.282 e. The number of nitrogens with zero attached hydrogens (tertiary/aromatic N) is 1. The zero-order valence-electron chi connectivity index (χ0n) is 16.3. The Morgan fingerprint density at radius 2 is 1.82 bits per heavy atom. The van der Waals surface area contributed by atoms with E-state index in [2.05, 4.69) is 5.43 Å². The highest BCUT2D eigenvalue weighted by atomic mass is 16.5. The summed E-state index contributed by atoms with van der Waals surface area (Å²) in [4.78, 5) is 25.0. The van der Waals surface area contributed by atoms with Crippen molar-refractivity contribution in [3.05, 3.63) is 59.7 Å². The summed E-state index contributed by atoms with van der Waals surface area (Å²) in [5.74, 6) is 0.398. The zero-order valence-corrected chi connectivity index (χ0v) is 16.3. The highest BCUT2D eigenvalue weighted by molar-refractivity contribution is 6.31. The maximum absolute atomic E-state index is 12.7. The molecule has 0 aromatic heterocycles. The fraction of sp³-hybridized carbons (Fsp3) is 0.273. The quantitative estimate of drug-likeness (QED) is 0.587. The van der Waals surface area contributed by atoms with Crippen LogP contribution in [0.3, 0.4) is 0 Å². The molecular formula is C22H24N2O4. The van der Waals surface area contributed by atoms with E-state index in [9.17, 15) is 9.59 Å². The molecule has 1 saturated heterocycles. The molecule has 0 radical (unpaired) electrons. The van der Waals surface area contributed by atoms with Gasteiger partial charge in [-0.15, -0.1) is 0 Å². The number of hydrogen-bond acceptors (Lipinski definition) is 4. The van der Waals surface area contributed by atoms with Gasteiger partial charge in [0.05, 0.1) is 18.4 Å². The lowest BCUT2D eigenvalue weighted by Gasteiger charge is -2.16. The van der Waals surface area contributed by atoms with Gasteiger partial charge in [0.1, 0.15) is 5.57 Å². The monoisotopic (exact) mass is 380 g/mol. The van der Waals surface area contributed by atoms with E-state index in [1.54, 1.807) is 48.5 Å². The minimum atomic E-state index is -0.438. The Morgan fingerprint density at radius 1 is 1.07 bits per heavy atom. The van der Waals surface area contributed by atoms with Crippen molar-refractivity contribution < 1.29 is 19.1 Å². The average molecular weight is 380 g/mol. The highest BCUT2D eigenvalue weighted by Crippen LogP contribution is 2.31. The van der Waals surface area contributed by atoms with E-state index in [4.69, 9.17) is 9.47 Å². The maximum Gasteiger partial charge on any atom is 0.282 e. The first-order valence-corrected chi connectivity index (χ1v) is 9.39. The maximum atomic E-state index is 12.7. The normalized spacial score (nSPS) is 16.2. The average Bonchev–Trinajstić information content (AvgIpc) is 2.99. The molecule has 2 aromatic rings. The predicted octanol–water partition coefficient (Wildman–Crippen LogP) is 3.72. The van der Waals surface area contributed by atoms with Crippen LogP contribution in [0.15, 0.2) is 54.1 Å². The van der Waals surface area contributed by atoms with Crippen LogP contribution in [0.1, 0.15) is 32.8 Å². The van der Waals surface area contributed by atoms with E-state index < -0.39 is 11.8 Å². The topological polar surface area (TPSA) is 67.9 Å². The lowest BCUT2D eigenvalue weighted by Crippen LogP contribution is -2.35. The van der Waals surface area contributed by atoms with E-state index in [-0.39, 0.29) is 11.7 Å². The van der Waals surface area contributed by atoms with E-state index in [1.807, 2.05) is 26.8 Å². The van der Waals surface area contributed by atoms with Crippen LogP contribution in [-0.4, -0.2) is 24.5 Å². The lowest BCUT2D eigenvalue weighted by atomic mass is 10.1. The highest BCUT2D eigenvalue weighted by Gasteiger charge is 2.34. The number of ether oxygens (including phenoxy) is 2. The summed E-state index contributed by atoms with van der Waals surface area (Å²) in [6, 6.07) is 14.4. The molecule has 6 nitrogen and oxygen atoms in total. The fourth-order valence-electron chi connectivity index (χ4n) is 2.76.